The molecule has 6 nitrogen and oxygen atoms in total. The second-order valence-corrected chi connectivity index (χ2v) is 3.86. The van der Waals surface area contributed by atoms with E-state index in [0.717, 1.165) is 0 Å². The van der Waals surface area contributed by atoms with Crippen molar-refractivity contribution in [3.63, 3.8) is 0 Å². The van der Waals surface area contributed by atoms with Gasteiger partial charge in [-0.3, -0.25) is 4.79 Å². The van der Waals surface area contributed by atoms with Crippen LogP contribution in [0.5, 0.6) is 0 Å². The zero-order valence-corrected chi connectivity index (χ0v) is 9.95. The standard InChI is InChI=1S/C11H13N5O/c1-8(17)9-6-12-11-13-7-14-16(11)10(9)4-5-15(2)3/h4-7H,1-3H3. The van der Waals surface area contributed by atoms with Gasteiger partial charge in [-0.25, -0.2) is 4.98 Å². The number of carbonyl (C=O) groups is 1. The molecule has 0 unspecified atom stereocenters. The maximum atomic E-state index is 11.5. The van der Waals surface area contributed by atoms with Crippen molar-refractivity contribution in [3.05, 3.63) is 30.0 Å². The Bertz CT molecular complexity index is 585. The van der Waals surface area contributed by atoms with Gasteiger partial charge in [-0.2, -0.15) is 14.6 Å². The van der Waals surface area contributed by atoms with Gasteiger partial charge < -0.3 is 4.90 Å². The molecule has 0 saturated carbocycles. The third kappa shape index (κ3) is 2.15. The fourth-order valence-electron chi connectivity index (χ4n) is 1.45. The Morgan fingerprint density at radius 2 is 2.18 bits per heavy atom. The van der Waals surface area contributed by atoms with E-state index in [1.807, 2.05) is 31.3 Å². The lowest BCUT2D eigenvalue weighted by Gasteiger charge is -2.06. The summed E-state index contributed by atoms with van der Waals surface area (Å²) in [4.78, 5) is 21.5. The molecule has 0 radical (unpaired) electrons. The average molecular weight is 231 g/mol. The van der Waals surface area contributed by atoms with Crippen molar-refractivity contribution in [3.8, 4) is 0 Å². The Balaban J connectivity index is 2.65. The summed E-state index contributed by atoms with van der Waals surface area (Å²) < 4.78 is 1.55. The Morgan fingerprint density at radius 3 is 2.82 bits per heavy atom. The molecule has 2 rings (SSSR count). The number of fused-ring (bicyclic) bond motifs is 1. The van der Waals surface area contributed by atoms with Crippen molar-refractivity contribution in [1.29, 1.82) is 0 Å². The quantitative estimate of drug-likeness (QED) is 0.733. The van der Waals surface area contributed by atoms with Crippen LogP contribution in [0.3, 0.4) is 0 Å². The van der Waals surface area contributed by atoms with E-state index >= 15 is 0 Å². The van der Waals surface area contributed by atoms with Crippen molar-refractivity contribution < 1.29 is 4.79 Å². The zero-order valence-electron chi connectivity index (χ0n) is 9.95. The van der Waals surface area contributed by atoms with Gasteiger partial charge in [0.2, 0.25) is 0 Å². The lowest BCUT2D eigenvalue weighted by Crippen LogP contribution is -2.07. The van der Waals surface area contributed by atoms with E-state index in [1.54, 1.807) is 4.52 Å². The van der Waals surface area contributed by atoms with Gasteiger partial charge in [0, 0.05) is 26.5 Å². The van der Waals surface area contributed by atoms with Crippen molar-refractivity contribution in [2.24, 2.45) is 0 Å². The summed E-state index contributed by atoms with van der Waals surface area (Å²) in [5.74, 6) is 0.432. The summed E-state index contributed by atoms with van der Waals surface area (Å²) in [6, 6.07) is 0. The summed E-state index contributed by atoms with van der Waals surface area (Å²) in [5, 5.41) is 4.06. The van der Waals surface area contributed by atoms with Crippen molar-refractivity contribution in [2.75, 3.05) is 14.1 Å². The molecule has 0 atom stereocenters. The molecule has 0 aliphatic rings. The molecule has 0 bridgehead atoms. The number of nitrogens with zero attached hydrogens (tertiary/aromatic N) is 5. The number of carbonyl (C=O) groups excluding carboxylic acids is 1. The third-order valence-corrected chi connectivity index (χ3v) is 2.25. The van der Waals surface area contributed by atoms with Gasteiger partial charge >= 0.3 is 0 Å². The number of ketones is 1. The van der Waals surface area contributed by atoms with E-state index in [2.05, 4.69) is 15.1 Å². The largest absolute Gasteiger partial charge is 0.383 e. The SMILES string of the molecule is CC(=O)c1cnc2ncnn2c1C=CN(C)C. The van der Waals surface area contributed by atoms with Gasteiger partial charge in [-0.15, -0.1) is 0 Å². The molecule has 0 N–H and O–H groups in total. The minimum Gasteiger partial charge on any atom is -0.383 e. The van der Waals surface area contributed by atoms with Gasteiger partial charge in [-0.1, -0.05) is 0 Å². The summed E-state index contributed by atoms with van der Waals surface area (Å²) >= 11 is 0. The van der Waals surface area contributed by atoms with Crippen LogP contribution < -0.4 is 0 Å². The molecular formula is C11H13N5O. The van der Waals surface area contributed by atoms with Gasteiger partial charge in [0.25, 0.3) is 5.78 Å². The van der Waals surface area contributed by atoms with E-state index in [-0.39, 0.29) is 5.78 Å². The minimum absolute atomic E-state index is 0.0479. The van der Waals surface area contributed by atoms with E-state index in [9.17, 15) is 4.79 Å². The van der Waals surface area contributed by atoms with Crippen LogP contribution in [-0.2, 0) is 0 Å². The van der Waals surface area contributed by atoms with Crippen LogP contribution >= 0.6 is 0 Å². The third-order valence-electron chi connectivity index (χ3n) is 2.25. The summed E-state index contributed by atoms with van der Waals surface area (Å²) in [7, 11) is 3.81. The van der Waals surface area contributed by atoms with Crippen LogP contribution in [0.2, 0.25) is 0 Å². The molecule has 0 aliphatic heterocycles. The van der Waals surface area contributed by atoms with Crippen LogP contribution in [0.4, 0.5) is 0 Å². The molecule has 2 aromatic heterocycles. The van der Waals surface area contributed by atoms with Gasteiger partial charge in [0.05, 0.1) is 11.3 Å². The summed E-state index contributed by atoms with van der Waals surface area (Å²) in [6.45, 7) is 1.51. The van der Waals surface area contributed by atoms with Crippen molar-refractivity contribution >= 4 is 17.6 Å². The van der Waals surface area contributed by atoms with Gasteiger partial charge in [-0.05, 0) is 13.0 Å². The lowest BCUT2D eigenvalue weighted by atomic mass is 10.1. The molecule has 17 heavy (non-hydrogen) atoms. The zero-order chi connectivity index (χ0) is 12.4. The molecule has 2 heterocycles. The van der Waals surface area contributed by atoms with Crippen molar-refractivity contribution in [2.45, 2.75) is 6.92 Å². The van der Waals surface area contributed by atoms with Crippen LogP contribution in [0.25, 0.3) is 11.9 Å². The normalized spacial score (nSPS) is 11.2. The molecule has 0 aromatic carbocycles. The topological polar surface area (TPSA) is 63.4 Å². The lowest BCUT2D eigenvalue weighted by molar-refractivity contribution is 0.101. The van der Waals surface area contributed by atoms with Crippen molar-refractivity contribution in [1.82, 2.24) is 24.5 Å². The highest BCUT2D eigenvalue weighted by molar-refractivity contribution is 5.97. The smallest absolute Gasteiger partial charge is 0.252 e. The number of hydrogen-bond donors (Lipinski definition) is 0. The molecule has 6 heteroatoms. The second kappa shape index (κ2) is 4.32. The summed E-state index contributed by atoms with van der Waals surface area (Å²) in [5.41, 5.74) is 1.22. The summed E-state index contributed by atoms with van der Waals surface area (Å²) in [6.07, 6.45) is 6.61. The molecule has 88 valence electrons. The average Bonchev–Trinajstić information content (AvgIpc) is 2.73. The molecule has 0 saturated heterocycles. The van der Waals surface area contributed by atoms with Crippen LogP contribution in [0.15, 0.2) is 18.7 Å². The first-order chi connectivity index (χ1) is 8.09. The first kappa shape index (κ1) is 11.3. The molecule has 2 aromatic rings. The number of hydrogen-bond acceptors (Lipinski definition) is 5. The molecule has 0 spiro atoms. The van der Waals surface area contributed by atoms with E-state index in [1.165, 1.54) is 19.4 Å². The predicted octanol–water partition coefficient (Wildman–Crippen LogP) is 0.859. The fraction of sp³-hybridized carbons (Fsp3) is 0.273. The van der Waals surface area contributed by atoms with Crippen LogP contribution in [0, 0.1) is 0 Å². The number of Topliss-reactive ketones (excluding diaryl/α,β-unsaturated/α-hetero) is 1. The highest BCUT2D eigenvalue weighted by Gasteiger charge is 2.11. The second-order valence-electron chi connectivity index (χ2n) is 3.86. The maximum absolute atomic E-state index is 11.5. The number of aromatic nitrogens is 4. The maximum Gasteiger partial charge on any atom is 0.252 e. The fourth-order valence-corrected chi connectivity index (χ4v) is 1.45. The van der Waals surface area contributed by atoms with Gasteiger partial charge in [0.1, 0.15) is 6.33 Å². The molecule has 0 aliphatic carbocycles. The van der Waals surface area contributed by atoms with E-state index in [0.29, 0.717) is 17.0 Å². The Hall–Kier alpha value is -2.24. The van der Waals surface area contributed by atoms with Crippen LogP contribution in [-0.4, -0.2) is 44.4 Å². The first-order valence-electron chi connectivity index (χ1n) is 5.14. The Morgan fingerprint density at radius 1 is 1.41 bits per heavy atom. The highest BCUT2D eigenvalue weighted by Crippen LogP contribution is 2.11. The van der Waals surface area contributed by atoms with E-state index in [4.69, 9.17) is 0 Å². The van der Waals surface area contributed by atoms with E-state index < -0.39 is 0 Å². The van der Waals surface area contributed by atoms with Crippen LogP contribution in [0.1, 0.15) is 23.0 Å². The highest BCUT2D eigenvalue weighted by atomic mass is 16.1. The molecule has 0 amide bonds. The number of rotatable bonds is 3. The Kier molecular flexibility index (Phi) is 2.86. The molecular weight excluding hydrogens is 218 g/mol. The first-order valence-corrected chi connectivity index (χ1v) is 5.14. The minimum atomic E-state index is -0.0479. The molecule has 0 fully saturated rings. The van der Waals surface area contributed by atoms with Gasteiger partial charge in [0.15, 0.2) is 5.78 Å². The monoisotopic (exact) mass is 231 g/mol. The predicted molar refractivity (Wildman–Crippen MR) is 63.5 cm³/mol. The Labute approximate surface area is 98.6 Å².